The van der Waals surface area contributed by atoms with Crippen LogP contribution in [0, 0.1) is 5.82 Å². The maximum atomic E-state index is 13.6. The standard InChI is InChI=1S/C16H25ClFN/c1-3-7-13(19-12-4-2)8-5-9-14-15(17)10-6-11-16(14)18/h6,10-11,13,19H,3-5,7-9,12H2,1-2H3. The molecule has 108 valence electrons. The molecule has 0 spiro atoms. The van der Waals surface area contributed by atoms with Gasteiger partial charge in [0.25, 0.3) is 0 Å². The van der Waals surface area contributed by atoms with Crippen molar-refractivity contribution in [2.24, 2.45) is 0 Å². The number of hydrogen-bond acceptors (Lipinski definition) is 1. The molecule has 1 aromatic rings. The minimum atomic E-state index is -0.180. The number of nitrogens with one attached hydrogen (secondary N) is 1. The Morgan fingerprint density at radius 1 is 1.21 bits per heavy atom. The summed E-state index contributed by atoms with van der Waals surface area (Å²) in [6, 6.07) is 5.46. The zero-order valence-corrected chi connectivity index (χ0v) is 12.8. The van der Waals surface area contributed by atoms with Crippen LogP contribution in [-0.4, -0.2) is 12.6 Å². The van der Waals surface area contributed by atoms with Crippen molar-refractivity contribution in [3.63, 3.8) is 0 Å². The van der Waals surface area contributed by atoms with E-state index in [9.17, 15) is 4.39 Å². The summed E-state index contributed by atoms with van der Waals surface area (Å²) < 4.78 is 13.6. The average molecular weight is 286 g/mol. The van der Waals surface area contributed by atoms with Crippen LogP contribution in [0.15, 0.2) is 18.2 Å². The smallest absolute Gasteiger partial charge is 0.127 e. The lowest BCUT2D eigenvalue weighted by Gasteiger charge is -2.17. The van der Waals surface area contributed by atoms with Crippen molar-refractivity contribution in [1.29, 1.82) is 0 Å². The molecule has 1 nitrogen and oxygen atoms in total. The zero-order valence-electron chi connectivity index (χ0n) is 12.0. The van der Waals surface area contributed by atoms with Crippen LogP contribution in [0.3, 0.4) is 0 Å². The maximum absolute atomic E-state index is 13.6. The van der Waals surface area contributed by atoms with Crippen molar-refractivity contribution in [2.45, 2.75) is 58.4 Å². The fourth-order valence-electron chi connectivity index (χ4n) is 2.34. The Morgan fingerprint density at radius 3 is 2.63 bits per heavy atom. The second-order valence-corrected chi connectivity index (χ2v) is 5.44. The van der Waals surface area contributed by atoms with E-state index in [1.807, 2.05) is 0 Å². The molecule has 0 radical (unpaired) electrons. The second-order valence-electron chi connectivity index (χ2n) is 5.03. The summed E-state index contributed by atoms with van der Waals surface area (Å²) in [5.41, 5.74) is 0.662. The van der Waals surface area contributed by atoms with E-state index in [4.69, 9.17) is 11.6 Å². The normalized spacial score (nSPS) is 12.6. The van der Waals surface area contributed by atoms with Crippen molar-refractivity contribution in [3.8, 4) is 0 Å². The number of benzene rings is 1. The minimum absolute atomic E-state index is 0.180. The first kappa shape index (κ1) is 16.5. The predicted molar refractivity (Wildman–Crippen MR) is 81.3 cm³/mol. The lowest BCUT2D eigenvalue weighted by Crippen LogP contribution is -2.29. The molecule has 1 aromatic carbocycles. The third-order valence-electron chi connectivity index (χ3n) is 3.36. The molecule has 19 heavy (non-hydrogen) atoms. The van der Waals surface area contributed by atoms with Crippen LogP contribution in [0.2, 0.25) is 5.02 Å². The fraction of sp³-hybridized carbons (Fsp3) is 0.625. The highest BCUT2D eigenvalue weighted by Crippen LogP contribution is 2.21. The van der Waals surface area contributed by atoms with Crippen LogP contribution in [0.5, 0.6) is 0 Å². The Morgan fingerprint density at radius 2 is 2.00 bits per heavy atom. The number of hydrogen-bond donors (Lipinski definition) is 1. The van der Waals surface area contributed by atoms with Gasteiger partial charge in [0, 0.05) is 16.6 Å². The SMILES string of the molecule is CCCNC(CCC)CCCc1c(F)cccc1Cl. The molecule has 0 heterocycles. The van der Waals surface area contributed by atoms with Crippen LogP contribution in [0.25, 0.3) is 0 Å². The summed E-state index contributed by atoms with van der Waals surface area (Å²) in [7, 11) is 0. The Hall–Kier alpha value is -0.600. The zero-order chi connectivity index (χ0) is 14.1. The molecule has 0 amide bonds. The molecule has 1 atom stereocenters. The first-order chi connectivity index (χ1) is 9.19. The molecule has 0 bridgehead atoms. The molecule has 0 aliphatic carbocycles. The van der Waals surface area contributed by atoms with E-state index >= 15 is 0 Å². The predicted octanol–water partition coefficient (Wildman–Crippen LogP) is 4.97. The van der Waals surface area contributed by atoms with Crippen molar-refractivity contribution >= 4 is 11.6 Å². The number of rotatable bonds is 9. The van der Waals surface area contributed by atoms with Crippen LogP contribution in [0.1, 0.15) is 51.5 Å². The summed E-state index contributed by atoms with van der Waals surface area (Å²) in [5, 5.41) is 4.11. The van der Waals surface area contributed by atoms with Gasteiger partial charge in [-0.1, -0.05) is 37.9 Å². The van der Waals surface area contributed by atoms with Gasteiger partial charge < -0.3 is 5.32 Å². The molecule has 1 unspecified atom stereocenters. The van der Waals surface area contributed by atoms with E-state index in [2.05, 4.69) is 19.2 Å². The van der Waals surface area contributed by atoms with E-state index in [0.29, 0.717) is 16.6 Å². The highest BCUT2D eigenvalue weighted by Gasteiger charge is 2.09. The Balaban J connectivity index is 2.42. The first-order valence-electron chi connectivity index (χ1n) is 7.35. The fourth-order valence-corrected chi connectivity index (χ4v) is 2.60. The van der Waals surface area contributed by atoms with Gasteiger partial charge in [0.05, 0.1) is 0 Å². The van der Waals surface area contributed by atoms with Crippen molar-refractivity contribution < 1.29 is 4.39 Å². The summed E-state index contributed by atoms with van der Waals surface area (Å²) >= 11 is 6.03. The van der Waals surface area contributed by atoms with E-state index in [1.54, 1.807) is 12.1 Å². The lowest BCUT2D eigenvalue weighted by molar-refractivity contribution is 0.436. The second kappa shape index (κ2) is 9.33. The van der Waals surface area contributed by atoms with Gasteiger partial charge >= 0.3 is 0 Å². The van der Waals surface area contributed by atoms with Crippen molar-refractivity contribution in [1.82, 2.24) is 5.32 Å². The largest absolute Gasteiger partial charge is 0.314 e. The molecule has 0 aliphatic heterocycles. The molecular weight excluding hydrogens is 261 g/mol. The summed E-state index contributed by atoms with van der Waals surface area (Å²) in [6.45, 7) is 5.44. The molecule has 0 fully saturated rings. The lowest BCUT2D eigenvalue weighted by atomic mass is 10.0. The molecule has 0 saturated carbocycles. The molecule has 3 heteroatoms. The third-order valence-corrected chi connectivity index (χ3v) is 3.72. The van der Waals surface area contributed by atoms with Crippen LogP contribution in [0.4, 0.5) is 4.39 Å². The van der Waals surface area contributed by atoms with Gasteiger partial charge in [-0.15, -0.1) is 0 Å². The van der Waals surface area contributed by atoms with Crippen LogP contribution in [-0.2, 0) is 6.42 Å². The Bertz CT molecular complexity index is 348. The summed E-state index contributed by atoms with van der Waals surface area (Å²) in [6.07, 6.45) is 6.30. The molecule has 0 aliphatic rings. The molecule has 1 N–H and O–H groups in total. The van der Waals surface area contributed by atoms with Gasteiger partial charge in [-0.3, -0.25) is 0 Å². The first-order valence-corrected chi connectivity index (χ1v) is 7.73. The van der Waals surface area contributed by atoms with Gasteiger partial charge in [-0.05, 0) is 50.8 Å². The van der Waals surface area contributed by atoms with Gasteiger partial charge in [0.2, 0.25) is 0 Å². The molecular formula is C16H25ClFN. The highest BCUT2D eigenvalue weighted by molar-refractivity contribution is 6.31. The van der Waals surface area contributed by atoms with E-state index < -0.39 is 0 Å². The van der Waals surface area contributed by atoms with Crippen LogP contribution >= 0.6 is 11.6 Å². The van der Waals surface area contributed by atoms with E-state index in [1.165, 1.54) is 18.9 Å². The van der Waals surface area contributed by atoms with Crippen molar-refractivity contribution in [3.05, 3.63) is 34.6 Å². The number of halogens is 2. The van der Waals surface area contributed by atoms with Crippen molar-refractivity contribution in [2.75, 3.05) is 6.54 Å². The Kier molecular flexibility index (Phi) is 8.08. The van der Waals surface area contributed by atoms with E-state index in [0.717, 1.165) is 32.2 Å². The molecule has 0 saturated heterocycles. The minimum Gasteiger partial charge on any atom is -0.314 e. The van der Waals surface area contributed by atoms with Gasteiger partial charge in [-0.25, -0.2) is 4.39 Å². The monoisotopic (exact) mass is 285 g/mol. The summed E-state index contributed by atoms with van der Waals surface area (Å²) in [5.74, 6) is -0.180. The van der Waals surface area contributed by atoms with Crippen LogP contribution < -0.4 is 5.32 Å². The topological polar surface area (TPSA) is 12.0 Å². The van der Waals surface area contributed by atoms with E-state index in [-0.39, 0.29) is 5.82 Å². The van der Waals surface area contributed by atoms with Gasteiger partial charge in [-0.2, -0.15) is 0 Å². The van der Waals surface area contributed by atoms with Gasteiger partial charge in [0.1, 0.15) is 5.82 Å². The molecule has 0 aromatic heterocycles. The summed E-state index contributed by atoms with van der Waals surface area (Å²) in [4.78, 5) is 0. The Labute approximate surface area is 121 Å². The highest BCUT2D eigenvalue weighted by atomic mass is 35.5. The maximum Gasteiger partial charge on any atom is 0.127 e. The molecule has 1 rings (SSSR count). The average Bonchev–Trinajstić information content (AvgIpc) is 2.39. The van der Waals surface area contributed by atoms with Gasteiger partial charge in [0.15, 0.2) is 0 Å². The quantitative estimate of drug-likeness (QED) is 0.675. The third kappa shape index (κ3) is 5.92.